The molecule has 0 aliphatic carbocycles. The van der Waals surface area contributed by atoms with Crippen LogP contribution in [0.5, 0.6) is 0 Å². The van der Waals surface area contributed by atoms with Crippen LogP contribution in [-0.2, 0) is 0 Å². The van der Waals surface area contributed by atoms with E-state index < -0.39 is 0 Å². The van der Waals surface area contributed by atoms with Gasteiger partial charge in [-0.1, -0.05) is 109 Å². The number of benzene rings is 9. The van der Waals surface area contributed by atoms with Crippen molar-refractivity contribution in [2.45, 2.75) is 0 Å². The summed E-state index contributed by atoms with van der Waals surface area (Å²) in [5, 5.41) is 10.8. The van der Waals surface area contributed by atoms with Crippen molar-refractivity contribution in [1.82, 2.24) is 19.5 Å². The molecular weight excluding hydrogens is 765 g/mol. The third-order valence-electron chi connectivity index (χ3n) is 12.4. The van der Waals surface area contributed by atoms with E-state index in [0.717, 1.165) is 99.2 Å². The van der Waals surface area contributed by atoms with Crippen molar-refractivity contribution in [1.29, 1.82) is 0 Å². The molecule has 14 rings (SSSR count). The molecule has 62 heavy (non-hydrogen) atoms. The van der Waals surface area contributed by atoms with Crippen molar-refractivity contribution in [3.8, 4) is 39.9 Å². The summed E-state index contributed by atoms with van der Waals surface area (Å²) in [5.41, 5.74) is 10.3. The molecule has 288 valence electrons. The highest BCUT2D eigenvalue weighted by Gasteiger charge is 2.24. The van der Waals surface area contributed by atoms with Crippen LogP contribution in [0.1, 0.15) is 0 Å². The van der Waals surface area contributed by atoms with Gasteiger partial charge in [0.1, 0.15) is 27.9 Å². The third-order valence-corrected chi connectivity index (χ3v) is 12.4. The van der Waals surface area contributed by atoms with Gasteiger partial charge in [-0.2, -0.15) is 0 Å². The predicted octanol–water partition coefficient (Wildman–Crippen LogP) is 14.8. The minimum absolute atomic E-state index is 0.524. The van der Waals surface area contributed by atoms with E-state index in [0.29, 0.717) is 17.5 Å². The molecule has 0 spiro atoms. The SMILES string of the molecule is c1ccc2cc3c(cc2c1)c1ccccc1n3-c1ccc(-c2nc(-c3ccc4c(c3)oc3ccccc34)nc(-c3ccc4c(c3)oc3ccccc34)n2)c2c1oc1ccccc12. The summed E-state index contributed by atoms with van der Waals surface area (Å²) in [4.78, 5) is 15.7. The van der Waals surface area contributed by atoms with Gasteiger partial charge in [0.25, 0.3) is 0 Å². The number of furan rings is 3. The molecule has 0 saturated heterocycles. The molecule has 5 heterocycles. The van der Waals surface area contributed by atoms with E-state index in [-0.39, 0.29) is 0 Å². The Labute approximate surface area is 351 Å². The smallest absolute Gasteiger partial charge is 0.164 e. The molecule has 0 saturated carbocycles. The van der Waals surface area contributed by atoms with Gasteiger partial charge in [0, 0.05) is 59.8 Å². The molecule has 0 amide bonds. The van der Waals surface area contributed by atoms with E-state index in [1.165, 1.54) is 21.5 Å². The van der Waals surface area contributed by atoms with Crippen LogP contribution in [0.15, 0.2) is 195 Å². The summed E-state index contributed by atoms with van der Waals surface area (Å²) in [6, 6.07) is 62.7. The average molecular weight is 795 g/mol. The van der Waals surface area contributed by atoms with Crippen LogP contribution >= 0.6 is 0 Å². The Morgan fingerprint density at radius 2 is 0.855 bits per heavy atom. The van der Waals surface area contributed by atoms with Gasteiger partial charge in [-0.15, -0.1) is 0 Å². The zero-order valence-corrected chi connectivity index (χ0v) is 32.8. The van der Waals surface area contributed by atoms with Crippen molar-refractivity contribution >= 4 is 98.4 Å². The van der Waals surface area contributed by atoms with Gasteiger partial charge in [0.15, 0.2) is 23.1 Å². The molecule has 7 nitrogen and oxygen atoms in total. The molecule has 0 fully saturated rings. The van der Waals surface area contributed by atoms with Crippen LogP contribution in [-0.4, -0.2) is 19.5 Å². The van der Waals surface area contributed by atoms with E-state index >= 15 is 0 Å². The average Bonchev–Trinajstić information content (AvgIpc) is 4.09. The zero-order chi connectivity index (χ0) is 40.5. The van der Waals surface area contributed by atoms with E-state index in [1.807, 2.05) is 60.7 Å². The standard InChI is InChI=1S/C55H30N4O3/c1-2-12-32-28-45-42(27-31(32)11-1)35-13-3-7-17-43(35)59(45)44-26-25-41(51-40-16-6-10-20-48(40)62-52(44)51)55-57-53(33-21-23-38-36-14-4-8-18-46(36)60-49(38)29-33)56-54(58-55)34-22-24-39-37-15-5-9-19-47(37)61-50(39)30-34/h1-30H. The van der Waals surface area contributed by atoms with Crippen LogP contribution in [0.2, 0.25) is 0 Å². The molecule has 5 aromatic heterocycles. The van der Waals surface area contributed by atoms with E-state index in [1.54, 1.807) is 0 Å². The fraction of sp³-hybridized carbons (Fsp3) is 0. The summed E-state index contributed by atoms with van der Waals surface area (Å²) in [5.74, 6) is 1.57. The molecule has 0 bridgehead atoms. The lowest BCUT2D eigenvalue weighted by atomic mass is 10.0. The maximum absolute atomic E-state index is 6.92. The number of hydrogen-bond acceptors (Lipinski definition) is 6. The monoisotopic (exact) mass is 794 g/mol. The summed E-state index contributed by atoms with van der Waals surface area (Å²) in [7, 11) is 0. The van der Waals surface area contributed by atoms with Crippen LogP contribution in [0.3, 0.4) is 0 Å². The first-order valence-corrected chi connectivity index (χ1v) is 20.7. The maximum atomic E-state index is 6.92. The Bertz CT molecular complexity index is 4060. The van der Waals surface area contributed by atoms with Gasteiger partial charge < -0.3 is 17.8 Å². The van der Waals surface area contributed by atoms with Crippen LogP contribution in [0.4, 0.5) is 0 Å². The Morgan fingerprint density at radius 3 is 1.52 bits per heavy atom. The first-order valence-electron chi connectivity index (χ1n) is 20.7. The van der Waals surface area contributed by atoms with Crippen LogP contribution < -0.4 is 0 Å². The van der Waals surface area contributed by atoms with Crippen molar-refractivity contribution in [3.63, 3.8) is 0 Å². The summed E-state index contributed by atoms with van der Waals surface area (Å²) in [6.45, 7) is 0. The molecule has 0 unspecified atom stereocenters. The summed E-state index contributed by atoms with van der Waals surface area (Å²) in [6.07, 6.45) is 0. The van der Waals surface area contributed by atoms with Crippen molar-refractivity contribution in [2.24, 2.45) is 0 Å². The van der Waals surface area contributed by atoms with E-state index in [2.05, 4.69) is 126 Å². The maximum Gasteiger partial charge on any atom is 0.164 e. The van der Waals surface area contributed by atoms with Gasteiger partial charge in [-0.25, -0.2) is 15.0 Å². The normalized spacial score (nSPS) is 12.2. The predicted molar refractivity (Wildman–Crippen MR) is 250 cm³/mol. The second kappa shape index (κ2) is 12.5. The lowest BCUT2D eigenvalue weighted by Gasteiger charge is -2.13. The first kappa shape index (κ1) is 33.3. The lowest BCUT2D eigenvalue weighted by Crippen LogP contribution is -2.01. The molecule has 0 aliphatic rings. The first-order chi connectivity index (χ1) is 30.7. The van der Waals surface area contributed by atoms with Crippen molar-refractivity contribution in [3.05, 3.63) is 182 Å². The van der Waals surface area contributed by atoms with Gasteiger partial charge in [0.2, 0.25) is 0 Å². The second-order valence-electron chi connectivity index (χ2n) is 15.9. The summed E-state index contributed by atoms with van der Waals surface area (Å²) < 4.78 is 22.0. The summed E-state index contributed by atoms with van der Waals surface area (Å²) >= 11 is 0. The Morgan fingerprint density at radius 1 is 0.339 bits per heavy atom. The number of rotatable bonds is 4. The number of fused-ring (bicyclic) bond motifs is 13. The van der Waals surface area contributed by atoms with E-state index in [9.17, 15) is 0 Å². The second-order valence-corrected chi connectivity index (χ2v) is 15.9. The molecular formula is C55H30N4O3. The molecule has 9 aromatic carbocycles. The number of aromatic nitrogens is 4. The van der Waals surface area contributed by atoms with Gasteiger partial charge >= 0.3 is 0 Å². The highest BCUT2D eigenvalue weighted by atomic mass is 16.3. The number of para-hydroxylation sites is 4. The van der Waals surface area contributed by atoms with Gasteiger partial charge in [-0.3, -0.25) is 0 Å². The third kappa shape index (κ3) is 4.78. The minimum Gasteiger partial charge on any atom is -0.456 e. The molecule has 0 N–H and O–H groups in total. The molecule has 0 aliphatic heterocycles. The van der Waals surface area contributed by atoms with Crippen molar-refractivity contribution in [2.75, 3.05) is 0 Å². The van der Waals surface area contributed by atoms with E-state index in [4.69, 9.17) is 28.2 Å². The molecule has 0 atom stereocenters. The number of hydrogen-bond donors (Lipinski definition) is 0. The fourth-order valence-electron chi connectivity index (χ4n) is 9.58. The van der Waals surface area contributed by atoms with Crippen LogP contribution in [0, 0.1) is 0 Å². The fourth-order valence-corrected chi connectivity index (χ4v) is 9.58. The highest BCUT2D eigenvalue weighted by molar-refractivity contribution is 6.18. The lowest BCUT2D eigenvalue weighted by molar-refractivity contribution is 0.666. The molecule has 7 heteroatoms. The largest absolute Gasteiger partial charge is 0.456 e. The minimum atomic E-state index is 0.524. The highest BCUT2D eigenvalue weighted by Crippen LogP contribution is 2.43. The zero-order valence-electron chi connectivity index (χ0n) is 32.8. The van der Waals surface area contributed by atoms with Gasteiger partial charge in [-0.05, 0) is 83.6 Å². The Kier molecular flexibility index (Phi) is 6.71. The van der Waals surface area contributed by atoms with Crippen molar-refractivity contribution < 1.29 is 13.3 Å². The molecule has 0 radical (unpaired) electrons. The van der Waals surface area contributed by atoms with Gasteiger partial charge in [0.05, 0.1) is 16.7 Å². The Balaban J connectivity index is 1.04. The Hall–Kier alpha value is -8.55. The molecule has 14 aromatic rings. The van der Waals surface area contributed by atoms with Crippen LogP contribution in [0.25, 0.3) is 138 Å². The topological polar surface area (TPSA) is 83.0 Å². The quantitative estimate of drug-likeness (QED) is 0.176. The number of nitrogens with zero attached hydrogens (tertiary/aromatic N) is 4.